The zero-order chi connectivity index (χ0) is 15.7. The van der Waals surface area contributed by atoms with Crippen molar-refractivity contribution in [2.75, 3.05) is 6.54 Å². The topological polar surface area (TPSA) is 73.1 Å². The van der Waals surface area contributed by atoms with Crippen molar-refractivity contribution in [1.82, 2.24) is 5.32 Å². The molecule has 1 saturated carbocycles. The van der Waals surface area contributed by atoms with Crippen LogP contribution < -0.4 is 5.32 Å². The fourth-order valence-electron chi connectivity index (χ4n) is 2.13. The number of aliphatic hydroxyl groups excluding tert-OH is 1. The Morgan fingerprint density at radius 2 is 1.95 bits per heavy atom. The van der Waals surface area contributed by atoms with E-state index in [2.05, 4.69) is 11.4 Å². The number of rotatable bonds is 4. The molecule has 1 amide bonds. The molecule has 0 spiro atoms. The van der Waals surface area contributed by atoms with Gasteiger partial charge in [0.05, 0.1) is 17.6 Å². The van der Waals surface area contributed by atoms with Gasteiger partial charge in [0.1, 0.15) is 0 Å². The maximum Gasteiger partial charge on any atom is 0.251 e. The molecule has 1 aliphatic rings. The molecule has 1 aromatic carbocycles. The zero-order valence-corrected chi connectivity index (χ0v) is 12.8. The molecule has 0 aromatic heterocycles. The van der Waals surface area contributed by atoms with E-state index in [-0.39, 0.29) is 23.3 Å². The number of hydrogen-bond donors (Lipinski definition) is 2. The third-order valence-electron chi connectivity index (χ3n) is 4.12. The Kier molecular flexibility index (Phi) is 4.06. The van der Waals surface area contributed by atoms with Crippen molar-refractivity contribution < 1.29 is 9.90 Å². The molecule has 0 heterocycles. The highest BCUT2D eigenvalue weighted by molar-refractivity contribution is 5.94. The minimum absolute atomic E-state index is 0.202. The predicted molar refractivity (Wildman–Crippen MR) is 80.8 cm³/mol. The summed E-state index contributed by atoms with van der Waals surface area (Å²) in [5.74, 6) is -0.202. The van der Waals surface area contributed by atoms with Gasteiger partial charge in [0, 0.05) is 12.1 Å². The highest BCUT2D eigenvalue weighted by Gasteiger charge is 2.44. The zero-order valence-electron chi connectivity index (χ0n) is 12.8. The van der Waals surface area contributed by atoms with Crippen LogP contribution in [0.3, 0.4) is 0 Å². The van der Waals surface area contributed by atoms with E-state index in [4.69, 9.17) is 5.26 Å². The van der Waals surface area contributed by atoms with E-state index in [0.717, 1.165) is 18.4 Å². The highest BCUT2D eigenvalue weighted by Crippen LogP contribution is 2.47. The minimum Gasteiger partial charge on any atom is -0.391 e. The van der Waals surface area contributed by atoms with Crippen molar-refractivity contribution in [1.29, 1.82) is 5.26 Å². The van der Waals surface area contributed by atoms with Crippen molar-refractivity contribution in [2.45, 2.75) is 45.1 Å². The van der Waals surface area contributed by atoms with Crippen LogP contribution in [0.5, 0.6) is 0 Å². The number of carbonyl (C=O) groups is 1. The average Bonchev–Trinajstić information content (AvgIpc) is 3.24. The molecule has 2 rings (SSSR count). The molecule has 0 bridgehead atoms. The van der Waals surface area contributed by atoms with E-state index in [1.165, 1.54) is 0 Å². The van der Waals surface area contributed by atoms with E-state index in [9.17, 15) is 9.90 Å². The lowest BCUT2D eigenvalue weighted by atomic mass is 9.89. The Balaban J connectivity index is 1.96. The van der Waals surface area contributed by atoms with Gasteiger partial charge in [0.25, 0.3) is 5.91 Å². The van der Waals surface area contributed by atoms with E-state index < -0.39 is 6.10 Å². The molecular weight excluding hydrogens is 264 g/mol. The second kappa shape index (κ2) is 5.50. The van der Waals surface area contributed by atoms with Crippen LogP contribution in [-0.2, 0) is 5.41 Å². The van der Waals surface area contributed by atoms with Gasteiger partial charge >= 0.3 is 0 Å². The summed E-state index contributed by atoms with van der Waals surface area (Å²) in [5, 5.41) is 21.8. The van der Waals surface area contributed by atoms with Crippen LogP contribution in [0.2, 0.25) is 0 Å². The molecule has 1 aromatic rings. The fraction of sp³-hybridized carbons (Fsp3) is 0.529. The molecule has 0 aliphatic heterocycles. The molecule has 21 heavy (non-hydrogen) atoms. The Hall–Kier alpha value is -1.86. The number of aliphatic hydroxyl groups is 1. The summed E-state index contributed by atoms with van der Waals surface area (Å²) in [7, 11) is 0. The smallest absolute Gasteiger partial charge is 0.251 e. The second-order valence-electron chi connectivity index (χ2n) is 6.86. The molecule has 0 radical (unpaired) electrons. The average molecular weight is 286 g/mol. The molecule has 0 saturated heterocycles. The molecule has 4 nitrogen and oxygen atoms in total. The third-order valence-corrected chi connectivity index (χ3v) is 4.12. The van der Waals surface area contributed by atoms with Crippen LogP contribution >= 0.6 is 0 Å². The maximum atomic E-state index is 12.0. The monoisotopic (exact) mass is 286 g/mol. The first-order chi connectivity index (χ1) is 9.78. The summed E-state index contributed by atoms with van der Waals surface area (Å²) in [5.41, 5.74) is 0.949. The number of amides is 1. The third kappa shape index (κ3) is 3.43. The van der Waals surface area contributed by atoms with Crippen molar-refractivity contribution in [2.24, 2.45) is 5.41 Å². The van der Waals surface area contributed by atoms with Crippen molar-refractivity contribution in [3.63, 3.8) is 0 Å². The Morgan fingerprint density at radius 1 is 1.38 bits per heavy atom. The Morgan fingerprint density at radius 3 is 2.38 bits per heavy atom. The maximum absolute atomic E-state index is 12.0. The highest BCUT2D eigenvalue weighted by atomic mass is 16.3. The fourth-order valence-corrected chi connectivity index (χ4v) is 2.13. The van der Waals surface area contributed by atoms with Gasteiger partial charge in [0.15, 0.2) is 0 Å². The summed E-state index contributed by atoms with van der Waals surface area (Å²) in [6.07, 6.45) is 1.20. The summed E-state index contributed by atoms with van der Waals surface area (Å²) in [4.78, 5) is 12.0. The van der Waals surface area contributed by atoms with Crippen molar-refractivity contribution in [3.8, 4) is 6.07 Å². The van der Waals surface area contributed by atoms with E-state index >= 15 is 0 Å². The standard InChI is InChI=1S/C17H22N2O2/c1-16(2,3)14(20)10-19-15(21)12-4-6-13(7-5-12)17(11-18)8-9-17/h4-7,14,20H,8-10H2,1-3H3,(H,19,21). The van der Waals surface area contributed by atoms with E-state index in [0.29, 0.717) is 5.56 Å². The van der Waals surface area contributed by atoms with Gasteiger partial charge in [-0.05, 0) is 36.0 Å². The minimum atomic E-state index is -0.589. The van der Waals surface area contributed by atoms with Gasteiger partial charge in [-0.2, -0.15) is 5.26 Å². The first-order valence-electron chi connectivity index (χ1n) is 7.26. The van der Waals surface area contributed by atoms with Gasteiger partial charge in [0.2, 0.25) is 0 Å². The summed E-state index contributed by atoms with van der Waals surface area (Å²) in [6, 6.07) is 9.53. The molecule has 1 unspecified atom stereocenters. The Labute approximate surface area is 125 Å². The second-order valence-corrected chi connectivity index (χ2v) is 6.86. The summed E-state index contributed by atoms with van der Waals surface area (Å²) < 4.78 is 0. The van der Waals surface area contributed by atoms with Gasteiger partial charge in [-0.15, -0.1) is 0 Å². The molecule has 1 fully saturated rings. The first-order valence-corrected chi connectivity index (χ1v) is 7.26. The number of carbonyl (C=O) groups excluding carboxylic acids is 1. The number of benzene rings is 1. The summed E-state index contributed by atoms with van der Waals surface area (Å²) >= 11 is 0. The summed E-state index contributed by atoms with van der Waals surface area (Å²) in [6.45, 7) is 6.01. The predicted octanol–water partition coefficient (Wildman–Crippen LogP) is 2.38. The van der Waals surface area contributed by atoms with Crippen LogP contribution in [0.4, 0.5) is 0 Å². The number of nitrogens with one attached hydrogen (secondary N) is 1. The van der Waals surface area contributed by atoms with E-state index in [1.807, 2.05) is 32.9 Å². The van der Waals surface area contributed by atoms with Gasteiger partial charge in [-0.3, -0.25) is 4.79 Å². The van der Waals surface area contributed by atoms with Crippen LogP contribution in [0.25, 0.3) is 0 Å². The number of nitrogens with zero attached hydrogens (tertiary/aromatic N) is 1. The largest absolute Gasteiger partial charge is 0.391 e. The first kappa shape index (κ1) is 15.5. The lowest BCUT2D eigenvalue weighted by Gasteiger charge is -2.25. The Bertz CT molecular complexity index is 560. The number of hydrogen-bond acceptors (Lipinski definition) is 3. The van der Waals surface area contributed by atoms with Crippen molar-refractivity contribution >= 4 is 5.91 Å². The number of nitriles is 1. The lowest BCUT2D eigenvalue weighted by Crippen LogP contribution is -2.39. The molecule has 1 atom stereocenters. The van der Waals surface area contributed by atoms with E-state index in [1.54, 1.807) is 12.1 Å². The SMILES string of the molecule is CC(C)(C)C(O)CNC(=O)c1ccc(C2(C#N)CC2)cc1. The van der Waals surface area contributed by atoms with Crippen LogP contribution in [-0.4, -0.2) is 23.7 Å². The van der Waals surface area contributed by atoms with Crippen LogP contribution in [0, 0.1) is 16.7 Å². The molecular formula is C17H22N2O2. The van der Waals surface area contributed by atoms with Crippen LogP contribution in [0.15, 0.2) is 24.3 Å². The normalized spacial score (nSPS) is 17.7. The molecule has 112 valence electrons. The molecule has 1 aliphatic carbocycles. The molecule has 2 N–H and O–H groups in total. The van der Waals surface area contributed by atoms with Crippen molar-refractivity contribution in [3.05, 3.63) is 35.4 Å². The quantitative estimate of drug-likeness (QED) is 0.892. The lowest BCUT2D eigenvalue weighted by molar-refractivity contribution is 0.0587. The van der Waals surface area contributed by atoms with Gasteiger partial charge < -0.3 is 10.4 Å². The van der Waals surface area contributed by atoms with Crippen LogP contribution in [0.1, 0.15) is 49.5 Å². The van der Waals surface area contributed by atoms with Gasteiger partial charge in [-0.1, -0.05) is 32.9 Å². The molecule has 4 heteroatoms. The van der Waals surface area contributed by atoms with Gasteiger partial charge in [-0.25, -0.2) is 0 Å².